The highest BCUT2D eigenvalue weighted by atomic mass is 32.1. The third-order valence-corrected chi connectivity index (χ3v) is 7.38. The summed E-state index contributed by atoms with van der Waals surface area (Å²) in [6, 6.07) is 13.5. The Hall–Kier alpha value is -4.74. The van der Waals surface area contributed by atoms with Gasteiger partial charge in [-0.3, -0.25) is 24.7 Å². The summed E-state index contributed by atoms with van der Waals surface area (Å²) in [5.41, 5.74) is 6.20. The number of carbonyl (C=O) groups is 2. The van der Waals surface area contributed by atoms with E-state index in [0.717, 1.165) is 32.4 Å². The highest BCUT2D eigenvalue weighted by Gasteiger charge is 2.18. The number of aromatic nitrogens is 6. The smallest absolute Gasteiger partial charge is 0.238 e. The van der Waals surface area contributed by atoms with E-state index in [-0.39, 0.29) is 18.2 Å². The molecule has 0 aliphatic heterocycles. The van der Waals surface area contributed by atoms with Crippen LogP contribution in [0.5, 0.6) is 0 Å². The van der Waals surface area contributed by atoms with Crippen LogP contribution in [0.2, 0.25) is 0 Å². The second-order valence-electron chi connectivity index (χ2n) is 9.44. The van der Waals surface area contributed by atoms with Crippen LogP contribution in [0.4, 0.5) is 5.69 Å². The van der Waals surface area contributed by atoms with Gasteiger partial charge in [0.2, 0.25) is 5.91 Å². The Morgan fingerprint density at radius 3 is 2.67 bits per heavy atom. The number of carbonyl (C=O) groups excluding carboxylic acids is 2. The van der Waals surface area contributed by atoms with Crippen molar-refractivity contribution in [1.82, 2.24) is 35.0 Å². The second kappa shape index (κ2) is 9.86. The Kier molecular flexibility index (Phi) is 6.21. The lowest BCUT2D eigenvalue weighted by atomic mass is 10.0. The molecule has 6 rings (SSSR count). The van der Waals surface area contributed by atoms with Crippen LogP contribution in [0, 0.1) is 0 Å². The first kappa shape index (κ1) is 24.6. The molecule has 0 saturated carbocycles. The Morgan fingerprint density at radius 2 is 1.87 bits per heavy atom. The molecule has 6 aromatic rings. The zero-order valence-electron chi connectivity index (χ0n) is 21.4. The predicted octanol–water partition coefficient (Wildman–Crippen LogP) is 4.99. The number of H-pyrrole nitrogens is 2. The average molecular weight is 537 g/mol. The third kappa shape index (κ3) is 4.80. The van der Waals surface area contributed by atoms with E-state index in [1.807, 2.05) is 61.5 Å². The Balaban J connectivity index is 1.37. The molecule has 0 aliphatic carbocycles. The summed E-state index contributed by atoms with van der Waals surface area (Å²) in [5.74, 6) is 0.524. The number of hydrogen-bond donors (Lipinski definition) is 3. The fourth-order valence-corrected chi connectivity index (χ4v) is 5.31. The van der Waals surface area contributed by atoms with Crippen molar-refractivity contribution in [2.45, 2.75) is 6.92 Å². The van der Waals surface area contributed by atoms with Crippen LogP contribution in [0.1, 0.15) is 16.6 Å². The number of benzene rings is 1. The highest BCUT2D eigenvalue weighted by Crippen LogP contribution is 2.34. The number of fused-ring (bicyclic) bond motifs is 2. The Bertz CT molecular complexity index is 1870. The molecule has 39 heavy (non-hydrogen) atoms. The van der Waals surface area contributed by atoms with Crippen molar-refractivity contribution in [2.75, 3.05) is 26.0 Å². The number of hydrogen-bond acceptors (Lipinski definition) is 8. The van der Waals surface area contributed by atoms with Gasteiger partial charge in [-0.25, -0.2) is 4.98 Å². The van der Waals surface area contributed by atoms with Crippen LogP contribution >= 0.6 is 11.3 Å². The largest absolute Gasteiger partial charge is 0.336 e. The summed E-state index contributed by atoms with van der Waals surface area (Å²) in [4.78, 5) is 44.5. The molecule has 3 N–H and O–H groups in total. The predicted molar refractivity (Wildman–Crippen MR) is 153 cm³/mol. The van der Waals surface area contributed by atoms with E-state index in [0.29, 0.717) is 33.3 Å². The maximum absolute atomic E-state index is 12.2. The molecule has 0 fully saturated rings. The molecule has 0 bridgehead atoms. The SMILES string of the molecule is CC(=O)c1ccc(-c2nccc3[nH]c(-c4n[nH]c5ccc(-c6cncc(NC(=O)CN(C)C)c6)cc45)nc23)s1. The van der Waals surface area contributed by atoms with E-state index in [2.05, 4.69) is 30.5 Å². The zero-order valence-corrected chi connectivity index (χ0v) is 22.3. The molecule has 0 saturated heterocycles. The number of likely N-dealkylation sites (N-methyl/N-ethyl adjacent to an activating group) is 1. The average Bonchev–Trinajstić information content (AvgIpc) is 3.65. The Morgan fingerprint density at radius 1 is 1.00 bits per heavy atom. The van der Waals surface area contributed by atoms with Gasteiger partial charge in [0.1, 0.15) is 16.9 Å². The lowest BCUT2D eigenvalue weighted by Gasteiger charge is -2.11. The summed E-state index contributed by atoms with van der Waals surface area (Å²) in [6.07, 6.45) is 5.12. The number of ketones is 1. The first-order valence-corrected chi connectivity index (χ1v) is 13.0. The second-order valence-corrected chi connectivity index (χ2v) is 10.5. The van der Waals surface area contributed by atoms with Gasteiger partial charge in [0.25, 0.3) is 0 Å². The third-order valence-electron chi connectivity index (χ3n) is 6.19. The molecular formula is C28H24N8O2S. The first-order chi connectivity index (χ1) is 18.9. The van der Waals surface area contributed by atoms with Crippen LogP contribution in [0.15, 0.2) is 61.1 Å². The van der Waals surface area contributed by atoms with Crippen LogP contribution in [-0.2, 0) is 4.79 Å². The molecule has 10 nitrogen and oxygen atoms in total. The molecule has 1 aromatic carbocycles. The van der Waals surface area contributed by atoms with Crippen molar-refractivity contribution in [3.8, 4) is 33.2 Å². The van der Waals surface area contributed by atoms with Gasteiger partial charge >= 0.3 is 0 Å². The first-order valence-electron chi connectivity index (χ1n) is 12.2. The molecule has 0 aliphatic rings. The van der Waals surface area contributed by atoms with Gasteiger partial charge in [0, 0.05) is 23.3 Å². The summed E-state index contributed by atoms with van der Waals surface area (Å²) >= 11 is 1.40. The molecule has 5 heterocycles. The minimum atomic E-state index is -0.106. The number of Topliss-reactive ketones (excluding diaryl/α,β-unsaturated/α-hetero) is 1. The minimum absolute atomic E-state index is 0.0246. The van der Waals surface area contributed by atoms with Crippen LogP contribution in [-0.4, -0.2) is 67.4 Å². The Labute approximate surface area is 227 Å². The number of rotatable bonds is 7. The van der Waals surface area contributed by atoms with Gasteiger partial charge < -0.3 is 15.2 Å². The topological polar surface area (TPSA) is 133 Å². The van der Waals surface area contributed by atoms with E-state index >= 15 is 0 Å². The van der Waals surface area contributed by atoms with Crippen molar-refractivity contribution in [1.29, 1.82) is 0 Å². The van der Waals surface area contributed by atoms with Crippen LogP contribution in [0.25, 0.3) is 55.2 Å². The van der Waals surface area contributed by atoms with Gasteiger partial charge in [-0.1, -0.05) is 6.07 Å². The highest BCUT2D eigenvalue weighted by molar-refractivity contribution is 7.17. The lowest BCUT2D eigenvalue weighted by molar-refractivity contribution is -0.116. The van der Waals surface area contributed by atoms with Crippen molar-refractivity contribution in [2.24, 2.45) is 0 Å². The molecular weight excluding hydrogens is 512 g/mol. The number of pyridine rings is 2. The minimum Gasteiger partial charge on any atom is -0.336 e. The maximum atomic E-state index is 12.2. The molecule has 0 unspecified atom stereocenters. The van der Waals surface area contributed by atoms with E-state index in [9.17, 15) is 9.59 Å². The summed E-state index contributed by atoms with van der Waals surface area (Å²) in [5, 5.41) is 11.4. The molecule has 0 atom stereocenters. The molecule has 5 aromatic heterocycles. The van der Waals surface area contributed by atoms with Gasteiger partial charge in [-0.2, -0.15) is 5.10 Å². The van der Waals surface area contributed by atoms with Crippen LogP contribution in [0.3, 0.4) is 0 Å². The standard InChI is InChI=1S/C28H24N8O2S/c1-15(37)22-6-7-23(39-22)27-26-21(8-9-30-27)32-28(33-26)25-19-11-16(4-5-20(19)34-35-25)17-10-18(13-29-12-17)31-24(38)14-36(2)3/h4-13H,14H2,1-3H3,(H,31,38)(H,32,33)(H,34,35). The lowest BCUT2D eigenvalue weighted by Crippen LogP contribution is -2.27. The molecule has 194 valence electrons. The van der Waals surface area contributed by atoms with Crippen molar-refractivity contribution in [3.63, 3.8) is 0 Å². The number of nitrogens with zero attached hydrogens (tertiary/aromatic N) is 5. The summed E-state index contributed by atoms with van der Waals surface area (Å²) in [7, 11) is 3.69. The summed E-state index contributed by atoms with van der Waals surface area (Å²) in [6.45, 7) is 1.84. The number of imidazole rings is 1. The van der Waals surface area contributed by atoms with Crippen molar-refractivity contribution < 1.29 is 9.59 Å². The maximum Gasteiger partial charge on any atom is 0.238 e. The normalized spacial score (nSPS) is 11.5. The zero-order chi connectivity index (χ0) is 27.1. The number of thiophene rings is 1. The van der Waals surface area contributed by atoms with Crippen LogP contribution < -0.4 is 5.32 Å². The van der Waals surface area contributed by atoms with Crippen molar-refractivity contribution >= 4 is 50.7 Å². The molecule has 0 radical (unpaired) electrons. The number of aromatic amines is 2. The van der Waals surface area contributed by atoms with Gasteiger partial charge in [0.15, 0.2) is 11.6 Å². The molecule has 1 amide bonds. The van der Waals surface area contributed by atoms with Gasteiger partial charge in [-0.05, 0) is 63.0 Å². The van der Waals surface area contributed by atoms with E-state index in [4.69, 9.17) is 4.98 Å². The van der Waals surface area contributed by atoms with E-state index in [1.54, 1.807) is 25.5 Å². The quantitative estimate of drug-likeness (QED) is 0.245. The number of nitrogens with one attached hydrogen (secondary N) is 3. The van der Waals surface area contributed by atoms with Gasteiger partial charge in [-0.15, -0.1) is 11.3 Å². The fourth-order valence-electron chi connectivity index (χ4n) is 4.41. The number of amides is 1. The number of anilines is 1. The summed E-state index contributed by atoms with van der Waals surface area (Å²) < 4.78 is 0. The molecule has 0 spiro atoms. The van der Waals surface area contributed by atoms with E-state index in [1.165, 1.54) is 11.3 Å². The monoisotopic (exact) mass is 536 g/mol. The van der Waals surface area contributed by atoms with E-state index < -0.39 is 0 Å². The fraction of sp³-hybridized carbons (Fsp3) is 0.143. The van der Waals surface area contributed by atoms with Crippen molar-refractivity contribution in [3.05, 3.63) is 65.9 Å². The molecule has 11 heteroatoms. The van der Waals surface area contributed by atoms with Gasteiger partial charge in [0.05, 0.1) is 39.2 Å².